The number of ketones is 3. The van der Waals surface area contributed by atoms with Gasteiger partial charge in [0.1, 0.15) is 22.8 Å². The first-order valence-corrected chi connectivity index (χ1v) is 15.3. The van der Waals surface area contributed by atoms with Gasteiger partial charge in [0.15, 0.2) is 17.2 Å². The van der Waals surface area contributed by atoms with Crippen LogP contribution >= 0.6 is 0 Å². The van der Waals surface area contributed by atoms with E-state index in [9.17, 15) is 34.8 Å². The van der Waals surface area contributed by atoms with Gasteiger partial charge in [0.2, 0.25) is 5.78 Å². The molecule has 230 valence electrons. The predicted octanol–water partition coefficient (Wildman–Crippen LogP) is 6.67. The molecule has 3 aliphatic rings. The fraction of sp³-hybridized carbons (Fsp3) is 0.629. The summed E-state index contributed by atoms with van der Waals surface area (Å²) >= 11 is 0. The molecule has 3 aliphatic carbocycles. The molecule has 0 spiro atoms. The van der Waals surface area contributed by atoms with Gasteiger partial charge in [0, 0.05) is 22.3 Å². The molecule has 0 heterocycles. The van der Waals surface area contributed by atoms with Crippen LogP contribution in [0.2, 0.25) is 0 Å². The molecule has 7 heteroatoms. The molecule has 1 unspecified atom stereocenters. The van der Waals surface area contributed by atoms with Gasteiger partial charge in [0.25, 0.3) is 0 Å². The zero-order valence-corrected chi connectivity index (χ0v) is 26.7. The van der Waals surface area contributed by atoms with Crippen LogP contribution < -0.4 is 0 Å². The second-order valence-corrected chi connectivity index (χ2v) is 15.0. The highest BCUT2D eigenvalue weighted by molar-refractivity contribution is 6.25. The molecule has 0 amide bonds. The van der Waals surface area contributed by atoms with Crippen LogP contribution in [-0.2, 0) is 28.9 Å². The Bertz CT molecular complexity index is 1420. The first-order valence-electron chi connectivity index (χ1n) is 15.3. The van der Waals surface area contributed by atoms with Crippen LogP contribution in [0.5, 0.6) is 5.75 Å². The summed E-state index contributed by atoms with van der Waals surface area (Å²) in [5.74, 6) is -4.79. The van der Waals surface area contributed by atoms with Gasteiger partial charge in [-0.15, -0.1) is 0 Å². The first-order chi connectivity index (χ1) is 19.3. The average Bonchev–Trinajstić information content (AvgIpc) is 2.83. The number of carbonyl (C=O) groups excluding carboxylic acids is 3. The van der Waals surface area contributed by atoms with Crippen LogP contribution in [0.1, 0.15) is 115 Å². The third-order valence-electron chi connectivity index (χ3n) is 10.1. The van der Waals surface area contributed by atoms with Gasteiger partial charge in [0.05, 0.1) is 5.56 Å². The Morgan fingerprint density at radius 3 is 2.21 bits per heavy atom. The lowest BCUT2D eigenvalue weighted by Crippen LogP contribution is -2.67. The summed E-state index contributed by atoms with van der Waals surface area (Å²) in [5.41, 5.74) is -3.00. The fourth-order valence-corrected chi connectivity index (χ4v) is 8.43. The Morgan fingerprint density at radius 2 is 1.69 bits per heavy atom. The molecule has 0 saturated heterocycles. The maximum Gasteiger partial charge on any atom is 0.209 e. The van der Waals surface area contributed by atoms with E-state index < -0.39 is 51.0 Å². The number of allylic oxidation sites excluding steroid dienone is 2. The fourth-order valence-electron chi connectivity index (χ4n) is 8.43. The number of aryl methyl sites for hydroxylation is 2. The number of benzene rings is 1. The molecule has 42 heavy (non-hydrogen) atoms. The number of fused-ring (bicyclic) bond motifs is 3. The van der Waals surface area contributed by atoms with E-state index in [1.54, 1.807) is 6.92 Å². The normalized spacial score (nSPS) is 29.5. The summed E-state index contributed by atoms with van der Waals surface area (Å²) in [7, 11) is 0. The minimum atomic E-state index is -2.59. The van der Waals surface area contributed by atoms with Crippen molar-refractivity contribution in [3.8, 4) is 5.75 Å². The van der Waals surface area contributed by atoms with Crippen LogP contribution in [-0.4, -0.2) is 43.4 Å². The molecule has 1 aromatic rings. The molecule has 7 nitrogen and oxygen atoms in total. The SMILES string of the molecule is CCCc1cc(CCCC(C)(C)C)c(O)c2c1C[C@]1(C)C[C@]3(C)C(C(C)C)C(O)=C(C(C)=O)C(=O)[C@]3(O)C(O)=C1C2=O. The minimum Gasteiger partial charge on any atom is -0.511 e. The Hall–Kier alpha value is -2.93. The largest absolute Gasteiger partial charge is 0.511 e. The molecule has 0 aliphatic heterocycles. The number of hydrogen-bond donors (Lipinski definition) is 4. The zero-order chi connectivity index (χ0) is 31.7. The lowest BCUT2D eigenvalue weighted by molar-refractivity contribution is -0.171. The predicted molar refractivity (Wildman–Crippen MR) is 162 cm³/mol. The number of hydrogen-bond acceptors (Lipinski definition) is 7. The van der Waals surface area contributed by atoms with E-state index in [2.05, 4.69) is 27.7 Å². The van der Waals surface area contributed by atoms with Gasteiger partial charge in [-0.05, 0) is 73.5 Å². The maximum atomic E-state index is 14.4. The summed E-state index contributed by atoms with van der Waals surface area (Å²) in [5, 5.41) is 46.9. The Balaban J connectivity index is 1.98. The molecular formula is C35H48O7. The van der Waals surface area contributed by atoms with Gasteiger partial charge in [-0.2, -0.15) is 0 Å². The summed E-state index contributed by atoms with van der Waals surface area (Å²) in [4.78, 5) is 40.9. The minimum absolute atomic E-state index is 0.0975. The summed E-state index contributed by atoms with van der Waals surface area (Å²) in [6.45, 7) is 16.8. The number of aliphatic hydroxyl groups is 3. The standard InChI is InChI=1S/C35H48O7/c1-10-12-20-15-21(13-11-14-32(5,6)7)27(37)24-22(20)16-33(8)17-34(9)25(18(2)3)28(38)23(19(4)36)30(40)35(34,42)31(41)26(33)29(24)39/h15,18,25,37-38,41-42H,10-14,16-17H2,1-9H3/t25?,33-,34-,35+/m1/s1. The van der Waals surface area contributed by atoms with E-state index in [1.165, 1.54) is 0 Å². The molecule has 0 saturated carbocycles. The van der Waals surface area contributed by atoms with Crippen LogP contribution in [0.4, 0.5) is 0 Å². The lowest BCUT2D eigenvalue weighted by Gasteiger charge is -2.59. The van der Waals surface area contributed by atoms with Crippen LogP contribution in [0.3, 0.4) is 0 Å². The van der Waals surface area contributed by atoms with Gasteiger partial charge in [-0.1, -0.05) is 67.9 Å². The number of phenols is 1. The van der Waals surface area contributed by atoms with E-state index in [0.717, 1.165) is 37.3 Å². The van der Waals surface area contributed by atoms with Crippen molar-refractivity contribution in [1.82, 2.24) is 0 Å². The quantitative estimate of drug-likeness (QED) is 0.265. The smallest absolute Gasteiger partial charge is 0.209 e. The molecular weight excluding hydrogens is 532 g/mol. The van der Waals surface area contributed by atoms with Crippen LogP contribution in [0.25, 0.3) is 0 Å². The van der Waals surface area contributed by atoms with Crippen LogP contribution in [0.15, 0.2) is 28.7 Å². The van der Waals surface area contributed by atoms with Crippen molar-refractivity contribution in [3.63, 3.8) is 0 Å². The van der Waals surface area contributed by atoms with Crippen molar-refractivity contribution in [2.45, 2.75) is 113 Å². The number of aromatic hydroxyl groups is 1. The van der Waals surface area contributed by atoms with Crippen molar-refractivity contribution >= 4 is 17.3 Å². The lowest BCUT2D eigenvalue weighted by atomic mass is 9.44. The zero-order valence-electron chi connectivity index (χ0n) is 26.7. The number of rotatable bonds is 7. The molecule has 0 bridgehead atoms. The summed E-state index contributed by atoms with van der Waals surface area (Å²) in [6.07, 6.45) is 4.32. The van der Waals surface area contributed by atoms with Crippen molar-refractivity contribution < 1.29 is 34.8 Å². The Kier molecular flexibility index (Phi) is 7.89. The molecule has 0 radical (unpaired) electrons. The second kappa shape index (κ2) is 10.4. The highest BCUT2D eigenvalue weighted by Gasteiger charge is 2.71. The van der Waals surface area contributed by atoms with E-state index in [4.69, 9.17) is 0 Å². The third-order valence-corrected chi connectivity index (χ3v) is 10.1. The monoisotopic (exact) mass is 580 g/mol. The Morgan fingerprint density at radius 1 is 1.07 bits per heavy atom. The highest BCUT2D eigenvalue weighted by atomic mass is 16.3. The number of aliphatic hydroxyl groups excluding tert-OH is 2. The van der Waals surface area contributed by atoms with Gasteiger partial charge >= 0.3 is 0 Å². The van der Waals surface area contributed by atoms with Gasteiger partial charge in [-0.25, -0.2) is 0 Å². The van der Waals surface area contributed by atoms with Gasteiger partial charge in [-0.3, -0.25) is 14.4 Å². The molecule has 4 atom stereocenters. The third kappa shape index (κ3) is 4.54. The van der Waals surface area contributed by atoms with Crippen molar-refractivity contribution in [1.29, 1.82) is 0 Å². The summed E-state index contributed by atoms with van der Waals surface area (Å²) in [6, 6.07) is 2.02. The van der Waals surface area contributed by atoms with Crippen molar-refractivity contribution in [3.05, 3.63) is 51.0 Å². The first kappa shape index (κ1) is 32.0. The number of Topliss-reactive ketones (excluding diaryl/α,β-unsaturated/α-hetero) is 3. The second-order valence-electron chi connectivity index (χ2n) is 15.0. The average molecular weight is 581 g/mol. The van der Waals surface area contributed by atoms with Crippen LogP contribution in [0, 0.1) is 28.1 Å². The van der Waals surface area contributed by atoms with Crippen molar-refractivity contribution in [2.75, 3.05) is 0 Å². The van der Waals surface area contributed by atoms with Crippen molar-refractivity contribution in [2.24, 2.45) is 28.1 Å². The highest BCUT2D eigenvalue weighted by Crippen LogP contribution is 2.65. The molecule has 4 rings (SSSR count). The molecule has 0 fully saturated rings. The van der Waals surface area contributed by atoms with E-state index in [1.807, 2.05) is 26.8 Å². The molecule has 4 N–H and O–H groups in total. The maximum absolute atomic E-state index is 14.4. The number of carbonyl (C=O) groups is 3. The number of phenolic OH excluding ortho intramolecular Hbond substituents is 1. The topological polar surface area (TPSA) is 132 Å². The van der Waals surface area contributed by atoms with E-state index in [-0.39, 0.29) is 40.4 Å². The Labute approximate surface area is 249 Å². The van der Waals surface area contributed by atoms with E-state index >= 15 is 0 Å². The van der Waals surface area contributed by atoms with E-state index in [0.29, 0.717) is 24.8 Å². The molecule has 0 aromatic heterocycles. The molecule has 1 aromatic carbocycles. The summed E-state index contributed by atoms with van der Waals surface area (Å²) < 4.78 is 0. The van der Waals surface area contributed by atoms with Gasteiger partial charge < -0.3 is 20.4 Å².